The second kappa shape index (κ2) is 7.38. The average molecular weight is 362 g/mol. The van der Waals surface area contributed by atoms with E-state index in [4.69, 9.17) is 4.99 Å². The summed E-state index contributed by atoms with van der Waals surface area (Å²) in [7, 11) is 0. The summed E-state index contributed by atoms with van der Waals surface area (Å²) in [6.45, 7) is 0. The number of hydrogen-bond donors (Lipinski definition) is 0. The van der Waals surface area contributed by atoms with Crippen molar-refractivity contribution in [2.24, 2.45) is 10.1 Å². The summed E-state index contributed by atoms with van der Waals surface area (Å²) in [5.74, 6) is 0. The molecule has 1 aromatic carbocycles. The van der Waals surface area contributed by atoms with Crippen molar-refractivity contribution in [3.05, 3.63) is 88.1 Å². The quantitative estimate of drug-likeness (QED) is 0.481. The van der Waals surface area contributed by atoms with Crippen molar-refractivity contribution in [2.75, 3.05) is 0 Å². The van der Waals surface area contributed by atoms with Crippen LogP contribution in [0.5, 0.6) is 0 Å². The van der Waals surface area contributed by atoms with Gasteiger partial charge < -0.3 is 0 Å². The topological polar surface area (TPSA) is 42.5 Å². The zero-order valence-corrected chi connectivity index (χ0v) is 14.8. The molecule has 0 saturated heterocycles. The fourth-order valence-electron chi connectivity index (χ4n) is 2.27. The van der Waals surface area contributed by atoms with Gasteiger partial charge in [-0.1, -0.05) is 30.3 Å². The van der Waals surface area contributed by atoms with E-state index in [1.165, 1.54) is 0 Å². The first kappa shape index (κ1) is 15.7. The molecule has 0 fully saturated rings. The lowest BCUT2D eigenvalue weighted by atomic mass is 10.3. The van der Waals surface area contributed by atoms with Crippen molar-refractivity contribution >= 4 is 34.6 Å². The Morgan fingerprint density at radius 3 is 2.64 bits per heavy atom. The minimum atomic E-state index is 0.828. The number of aromatic nitrogens is 2. The minimum Gasteiger partial charge on any atom is -0.264 e. The molecule has 0 amide bonds. The maximum Gasteiger partial charge on any atom is 0.211 e. The first-order valence-electron chi connectivity index (χ1n) is 7.69. The Labute approximate surface area is 153 Å². The van der Waals surface area contributed by atoms with Crippen LogP contribution in [0, 0.1) is 0 Å². The molecule has 4 rings (SSSR count). The normalized spacial score (nSPS) is 12.1. The first-order valence-corrected chi connectivity index (χ1v) is 9.45. The molecule has 0 atom stereocenters. The molecule has 6 heteroatoms. The lowest BCUT2D eigenvalue weighted by Gasteiger charge is -2.01. The number of pyridine rings is 1. The monoisotopic (exact) mass is 362 g/mol. The maximum absolute atomic E-state index is 4.74. The van der Waals surface area contributed by atoms with Crippen LogP contribution in [-0.2, 0) is 0 Å². The van der Waals surface area contributed by atoms with Crippen molar-refractivity contribution in [1.29, 1.82) is 0 Å². The molecule has 0 radical (unpaired) electrons. The third-order valence-electron chi connectivity index (χ3n) is 3.45. The van der Waals surface area contributed by atoms with E-state index in [2.05, 4.69) is 26.9 Å². The summed E-state index contributed by atoms with van der Waals surface area (Å²) in [5.41, 5.74) is 2.89. The highest BCUT2D eigenvalue weighted by atomic mass is 32.1. The highest BCUT2D eigenvalue weighted by Crippen LogP contribution is 2.25. The summed E-state index contributed by atoms with van der Waals surface area (Å²) >= 11 is 3.27. The van der Waals surface area contributed by atoms with Gasteiger partial charge in [-0.05, 0) is 29.6 Å². The predicted molar refractivity (Wildman–Crippen MR) is 105 cm³/mol. The van der Waals surface area contributed by atoms with Crippen LogP contribution < -0.4 is 4.80 Å². The Kier molecular flexibility index (Phi) is 4.63. The van der Waals surface area contributed by atoms with E-state index in [1.807, 2.05) is 53.2 Å². The molecule has 0 aliphatic heterocycles. The summed E-state index contributed by atoms with van der Waals surface area (Å²) in [6, 6.07) is 17.9. The lowest BCUT2D eigenvalue weighted by molar-refractivity contribution is 0.856. The number of thiophene rings is 1. The summed E-state index contributed by atoms with van der Waals surface area (Å²) in [4.78, 5) is 10.9. The molecule has 3 aromatic heterocycles. The van der Waals surface area contributed by atoms with E-state index in [-0.39, 0.29) is 0 Å². The number of para-hydroxylation sites is 1. The fourth-order valence-corrected chi connectivity index (χ4v) is 3.92. The molecule has 25 heavy (non-hydrogen) atoms. The Morgan fingerprint density at radius 2 is 1.88 bits per heavy atom. The summed E-state index contributed by atoms with van der Waals surface area (Å²) in [6.07, 6.45) is 5.35. The Morgan fingerprint density at radius 1 is 0.960 bits per heavy atom. The van der Waals surface area contributed by atoms with Gasteiger partial charge in [0.05, 0.1) is 22.5 Å². The fraction of sp³-hybridized carbons (Fsp3) is 0. The molecule has 0 aliphatic rings. The van der Waals surface area contributed by atoms with E-state index >= 15 is 0 Å². The Hall–Kier alpha value is -2.83. The van der Waals surface area contributed by atoms with E-state index in [0.29, 0.717) is 0 Å². The van der Waals surface area contributed by atoms with Crippen LogP contribution in [0.4, 0.5) is 5.69 Å². The predicted octanol–water partition coefficient (Wildman–Crippen LogP) is 4.79. The molecule has 0 unspecified atom stereocenters. The molecule has 0 N–H and O–H groups in total. The van der Waals surface area contributed by atoms with E-state index in [0.717, 1.165) is 26.6 Å². The molecular weight excluding hydrogens is 348 g/mol. The van der Waals surface area contributed by atoms with Crippen molar-refractivity contribution in [3.63, 3.8) is 0 Å². The number of benzene rings is 1. The highest BCUT2D eigenvalue weighted by molar-refractivity contribution is 7.14. The van der Waals surface area contributed by atoms with Gasteiger partial charge in [-0.25, -0.2) is 9.67 Å². The maximum atomic E-state index is 4.74. The third kappa shape index (κ3) is 3.65. The van der Waals surface area contributed by atoms with Crippen LogP contribution in [0.15, 0.2) is 87.8 Å². The number of rotatable bonds is 4. The molecular formula is C19H14N4S2. The number of hydrogen-bond acceptors (Lipinski definition) is 5. The first-order chi connectivity index (χ1) is 12.4. The van der Waals surface area contributed by atoms with Gasteiger partial charge in [-0.3, -0.25) is 4.98 Å². The van der Waals surface area contributed by atoms with Gasteiger partial charge >= 0.3 is 0 Å². The van der Waals surface area contributed by atoms with Gasteiger partial charge in [0.2, 0.25) is 4.80 Å². The zero-order valence-electron chi connectivity index (χ0n) is 13.2. The van der Waals surface area contributed by atoms with Crippen molar-refractivity contribution < 1.29 is 0 Å². The largest absolute Gasteiger partial charge is 0.264 e. The molecule has 3 heterocycles. The second-order valence-electron chi connectivity index (χ2n) is 5.17. The van der Waals surface area contributed by atoms with Crippen molar-refractivity contribution in [2.45, 2.75) is 0 Å². The van der Waals surface area contributed by atoms with Crippen LogP contribution in [0.25, 0.3) is 10.6 Å². The molecule has 0 bridgehead atoms. The van der Waals surface area contributed by atoms with Gasteiger partial charge in [-0.2, -0.15) is 5.10 Å². The molecule has 0 spiro atoms. The van der Waals surface area contributed by atoms with Gasteiger partial charge in [0.15, 0.2) is 0 Å². The smallest absolute Gasteiger partial charge is 0.211 e. The summed E-state index contributed by atoms with van der Waals surface area (Å²) < 4.78 is 1.89. The summed E-state index contributed by atoms with van der Waals surface area (Å²) in [5, 5.41) is 8.82. The number of nitrogens with zero attached hydrogens (tertiary/aromatic N) is 4. The van der Waals surface area contributed by atoms with Crippen LogP contribution in [0.1, 0.15) is 5.56 Å². The van der Waals surface area contributed by atoms with Crippen molar-refractivity contribution in [3.8, 4) is 10.6 Å². The Balaban J connectivity index is 1.83. The van der Waals surface area contributed by atoms with Crippen molar-refractivity contribution in [1.82, 2.24) is 9.66 Å². The Bertz CT molecular complexity index is 1030. The second-order valence-corrected chi connectivity index (χ2v) is 6.96. The molecule has 4 nitrogen and oxygen atoms in total. The lowest BCUT2D eigenvalue weighted by Crippen LogP contribution is -2.11. The SMILES string of the molecule is C(=Nn1c(-c2cccs2)csc1=Nc1ccccc1)c1cccnc1. The molecule has 4 aromatic rings. The molecule has 122 valence electrons. The van der Waals surface area contributed by atoms with Gasteiger partial charge in [0.1, 0.15) is 0 Å². The van der Waals surface area contributed by atoms with Crippen LogP contribution in [-0.4, -0.2) is 15.9 Å². The zero-order chi connectivity index (χ0) is 16.9. The molecule has 0 saturated carbocycles. The third-order valence-corrected chi connectivity index (χ3v) is 5.16. The molecule has 0 aliphatic carbocycles. The van der Waals surface area contributed by atoms with Gasteiger partial charge in [-0.15, -0.1) is 22.7 Å². The van der Waals surface area contributed by atoms with Crippen LogP contribution in [0.2, 0.25) is 0 Å². The number of thiazole rings is 1. The van der Waals surface area contributed by atoms with E-state index in [1.54, 1.807) is 41.3 Å². The van der Waals surface area contributed by atoms with E-state index in [9.17, 15) is 0 Å². The van der Waals surface area contributed by atoms with Crippen LogP contribution in [0.3, 0.4) is 0 Å². The van der Waals surface area contributed by atoms with E-state index < -0.39 is 0 Å². The van der Waals surface area contributed by atoms with Gasteiger partial charge in [0, 0.05) is 23.3 Å². The average Bonchev–Trinajstić information content (AvgIpc) is 3.31. The van der Waals surface area contributed by atoms with Gasteiger partial charge in [0.25, 0.3) is 0 Å². The highest BCUT2D eigenvalue weighted by Gasteiger charge is 2.08. The minimum absolute atomic E-state index is 0.828. The van der Waals surface area contributed by atoms with Crippen LogP contribution >= 0.6 is 22.7 Å². The standard InChI is InChI=1S/C19H14N4S2/c1-2-7-16(8-3-1)22-19-23(21-13-15-6-4-10-20-12-15)17(14-25-19)18-9-5-11-24-18/h1-14H.